The van der Waals surface area contributed by atoms with Crippen LogP contribution in [0.5, 0.6) is 11.5 Å². The minimum Gasteiger partial charge on any atom is -0.454 e. The van der Waals surface area contributed by atoms with E-state index in [1.165, 1.54) is 6.07 Å². The smallest absolute Gasteiger partial charge is 0.172 e. The second kappa shape index (κ2) is 5.91. The second-order valence-corrected chi connectivity index (χ2v) is 11.0. The molecule has 0 N–H and O–H groups in total. The molecule has 1 aliphatic heterocycles. The van der Waals surface area contributed by atoms with Gasteiger partial charge in [0.1, 0.15) is 11.6 Å². The Morgan fingerprint density at radius 3 is 2.44 bits per heavy atom. The van der Waals surface area contributed by atoms with E-state index in [1.807, 2.05) is 42.5 Å². The first-order chi connectivity index (χ1) is 13.1. The van der Waals surface area contributed by atoms with Crippen LogP contribution < -0.4 is 20.3 Å². The molecule has 27 heavy (non-hydrogen) atoms. The summed E-state index contributed by atoms with van der Waals surface area (Å²) < 4.78 is 21.3. The third-order valence-electron chi connectivity index (χ3n) is 5.34. The number of halogens is 2. The average Bonchev–Trinajstić information content (AvgIpc) is 2.69. The lowest BCUT2D eigenvalue weighted by molar-refractivity contribution is 0.481. The predicted molar refractivity (Wildman–Crippen MR) is 110 cm³/mol. The normalized spacial score (nSPS) is 17.9. The summed E-state index contributed by atoms with van der Waals surface area (Å²) in [7, 11) is -2.72. The number of fused-ring (bicyclic) bond motifs is 4. The topological polar surface area (TPSA) is 22.1 Å². The van der Waals surface area contributed by atoms with Gasteiger partial charge in [-0.3, -0.25) is 0 Å². The molecule has 3 aromatic carbocycles. The largest absolute Gasteiger partial charge is 0.454 e. The lowest BCUT2D eigenvalue weighted by Crippen LogP contribution is -2.68. The molecule has 1 atom stereocenters. The molecule has 2 heterocycles. The molecule has 0 bridgehead atoms. The van der Waals surface area contributed by atoms with E-state index in [-0.39, 0.29) is 5.82 Å². The van der Waals surface area contributed by atoms with Crippen molar-refractivity contribution in [1.29, 1.82) is 0 Å². The SMILES string of the molecule is C[Si]1(c2ccccc2)c2c(F)cccc2Oc2c(Cl)nc3ccccc3c21. The Labute approximate surface area is 162 Å². The maximum absolute atomic E-state index is 15.2. The Morgan fingerprint density at radius 1 is 0.889 bits per heavy atom. The second-order valence-electron chi connectivity index (χ2n) is 6.83. The van der Waals surface area contributed by atoms with Crippen LogP contribution in [0.4, 0.5) is 4.39 Å². The molecule has 0 saturated carbocycles. The van der Waals surface area contributed by atoms with Gasteiger partial charge in [-0.1, -0.05) is 72.7 Å². The van der Waals surface area contributed by atoms with Crippen molar-refractivity contribution in [2.45, 2.75) is 6.55 Å². The molecule has 132 valence electrons. The molecule has 1 aliphatic rings. The van der Waals surface area contributed by atoms with Crippen LogP contribution >= 0.6 is 11.6 Å². The zero-order valence-electron chi connectivity index (χ0n) is 14.5. The fourth-order valence-electron chi connectivity index (χ4n) is 4.12. The quantitative estimate of drug-likeness (QED) is 0.358. The van der Waals surface area contributed by atoms with Gasteiger partial charge in [-0.05, 0) is 23.4 Å². The Hall–Kier alpha value is -2.69. The van der Waals surface area contributed by atoms with Gasteiger partial charge in [0, 0.05) is 15.8 Å². The molecule has 0 fully saturated rings. The van der Waals surface area contributed by atoms with Gasteiger partial charge in [-0.25, -0.2) is 9.37 Å². The van der Waals surface area contributed by atoms with E-state index < -0.39 is 8.07 Å². The fourth-order valence-corrected chi connectivity index (χ4v) is 8.68. The third kappa shape index (κ3) is 2.27. The van der Waals surface area contributed by atoms with E-state index in [1.54, 1.807) is 12.1 Å². The fraction of sp³-hybridized carbons (Fsp3) is 0.0455. The minimum atomic E-state index is -2.72. The van der Waals surface area contributed by atoms with Crippen molar-refractivity contribution in [3.8, 4) is 11.5 Å². The lowest BCUT2D eigenvalue weighted by atomic mass is 10.2. The molecule has 1 unspecified atom stereocenters. The highest BCUT2D eigenvalue weighted by Gasteiger charge is 2.46. The van der Waals surface area contributed by atoms with Crippen molar-refractivity contribution in [3.63, 3.8) is 0 Å². The van der Waals surface area contributed by atoms with Crippen molar-refractivity contribution in [2.24, 2.45) is 0 Å². The highest BCUT2D eigenvalue weighted by molar-refractivity contribution is 7.13. The molecule has 1 aromatic heterocycles. The molecule has 0 radical (unpaired) electrons. The van der Waals surface area contributed by atoms with Crippen LogP contribution in [-0.4, -0.2) is 13.1 Å². The standard InChI is InChI=1S/C22H15ClFNOSi/c1-27(14-8-3-2-4-9-14)20-15-10-5-6-12-17(15)25-22(23)19(20)26-18-13-7-11-16(24)21(18)27/h2-13H,1H3. The van der Waals surface area contributed by atoms with Crippen LogP contribution in [0.1, 0.15) is 0 Å². The lowest BCUT2D eigenvalue weighted by Gasteiger charge is -2.37. The van der Waals surface area contributed by atoms with Crippen molar-refractivity contribution in [2.75, 3.05) is 0 Å². The van der Waals surface area contributed by atoms with Crippen LogP contribution in [0.15, 0.2) is 72.8 Å². The highest BCUT2D eigenvalue weighted by Crippen LogP contribution is 2.36. The number of pyridine rings is 1. The van der Waals surface area contributed by atoms with Gasteiger partial charge in [-0.2, -0.15) is 0 Å². The van der Waals surface area contributed by atoms with Crippen LogP contribution in [0.3, 0.4) is 0 Å². The summed E-state index contributed by atoms with van der Waals surface area (Å²) >= 11 is 6.53. The Kier molecular flexibility index (Phi) is 3.61. The van der Waals surface area contributed by atoms with Crippen molar-refractivity contribution >= 4 is 46.1 Å². The van der Waals surface area contributed by atoms with Crippen LogP contribution in [0, 0.1) is 5.82 Å². The van der Waals surface area contributed by atoms with Crippen molar-refractivity contribution in [1.82, 2.24) is 4.98 Å². The number of hydrogen-bond donors (Lipinski definition) is 0. The predicted octanol–water partition coefficient (Wildman–Crippen LogP) is 4.23. The van der Waals surface area contributed by atoms with E-state index >= 15 is 4.39 Å². The number of hydrogen-bond acceptors (Lipinski definition) is 2. The maximum atomic E-state index is 15.2. The zero-order valence-corrected chi connectivity index (χ0v) is 16.3. The molecule has 0 spiro atoms. The monoisotopic (exact) mass is 391 g/mol. The van der Waals surface area contributed by atoms with E-state index in [4.69, 9.17) is 16.3 Å². The highest BCUT2D eigenvalue weighted by atomic mass is 35.5. The average molecular weight is 392 g/mol. The Bertz CT molecular complexity index is 1200. The summed E-state index contributed by atoms with van der Waals surface area (Å²) in [6, 6.07) is 22.9. The summed E-state index contributed by atoms with van der Waals surface area (Å²) in [5.74, 6) is 0.833. The first-order valence-corrected chi connectivity index (χ1v) is 11.6. The van der Waals surface area contributed by atoms with Gasteiger partial charge in [0.2, 0.25) is 0 Å². The van der Waals surface area contributed by atoms with Crippen LogP contribution in [-0.2, 0) is 0 Å². The molecular formula is C22H15ClFNOSi. The van der Waals surface area contributed by atoms with E-state index in [9.17, 15) is 0 Å². The van der Waals surface area contributed by atoms with E-state index in [2.05, 4.69) is 23.7 Å². The van der Waals surface area contributed by atoms with E-state index in [0.717, 1.165) is 21.3 Å². The van der Waals surface area contributed by atoms with Crippen molar-refractivity contribution in [3.05, 3.63) is 83.8 Å². The van der Waals surface area contributed by atoms with Gasteiger partial charge in [0.05, 0.1) is 5.52 Å². The summed E-state index contributed by atoms with van der Waals surface area (Å²) in [6.45, 7) is 2.16. The van der Waals surface area contributed by atoms with Gasteiger partial charge in [0.25, 0.3) is 0 Å². The summed E-state index contributed by atoms with van der Waals surface area (Å²) in [6.07, 6.45) is 0. The zero-order chi connectivity index (χ0) is 18.6. The molecule has 2 nitrogen and oxygen atoms in total. The number of aromatic nitrogens is 1. The molecule has 0 amide bonds. The summed E-state index contributed by atoms with van der Waals surface area (Å²) in [4.78, 5) is 4.51. The van der Waals surface area contributed by atoms with Gasteiger partial charge in [-0.15, -0.1) is 0 Å². The van der Waals surface area contributed by atoms with Crippen LogP contribution in [0.25, 0.3) is 10.9 Å². The summed E-state index contributed by atoms with van der Waals surface area (Å²) in [5, 5.41) is 4.00. The Balaban J connectivity index is 1.99. The molecule has 5 heteroatoms. The van der Waals surface area contributed by atoms with Gasteiger partial charge < -0.3 is 4.74 Å². The number of nitrogens with zero attached hydrogens (tertiary/aromatic N) is 1. The summed E-state index contributed by atoms with van der Waals surface area (Å²) in [5.41, 5.74) is 0.791. The molecule has 5 rings (SSSR count). The van der Waals surface area contributed by atoms with Crippen molar-refractivity contribution < 1.29 is 9.13 Å². The van der Waals surface area contributed by atoms with Gasteiger partial charge in [0.15, 0.2) is 19.0 Å². The number of ether oxygens (including phenoxy) is 1. The van der Waals surface area contributed by atoms with Crippen LogP contribution in [0.2, 0.25) is 11.7 Å². The number of benzene rings is 3. The Morgan fingerprint density at radius 2 is 1.63 bits per heavy atom. The number of para-hydroxylation sites is 1. The molecular weight excluding hydrogens is 377 g/mol. The number of rotatable bonds is 1. The third-order valence-corrected chi connectivity index (χ3v) is 10.1. The first kappa shape index (κ1) is 16.5. The molecule has 0 saturated heterocycles. The minimum absolute atomic E-state index is 0.242. The molecule has 4 aromatic rings. The van der Waals surface area contributed by atoms with Gasteiger partial charge >= 0.3 is 0 Å². The maximum Gasteiger partial charge on any atom is 0.172 e. The molecule has 0 aliphatic carbocycles. The van der Waals surface area contributed by atoms with E-state index in [0.29, 0.717) is 21.8 Å². The first-order valence-electron chi connectivity index (χ1n) is 8.72.